The lowest BCUT2D eigenvalue weighted by molar-refractivity contribution is -0.127. The average molecular weight is 334 g/mol. The number of carbonyl (C=O) groups is 1. The molecule has 6 nitrogen and oxygen atoms in total. The second-order valence-electron chi connectivity index (χ2n) is 6.33. The molecule has 24 heavy (non-hydrogen) atoms. The molecule has 0 aliphatic carbocycles. The lowest BCUT2D eigenvalue weighted by atomic mass is 10.1. The Morgan fingerprint density at radius 2 is 1.83 bits per heavy atom. The number of carbonyl (C=O) groups excluding carboxylic acids is 1. The predicted molar refractivity (Wildman–Crippen MR) is 98.3 cm³/mol. The van der Waals surface area contributed by atoms with E-state index in [1.807, 2.05) is 24.3 Å². The van der Waals surface area contributed by atoms with Crippen molar-refractivity contribution in [2.75, 3.05) is 27.7 Å². The van der Waals surface area contributed by atoms with E-state index in [1.54, 1.807) is 26.1 Å². The van der Waals surface area contributed by atoms with Crippen LogP contribution in [0.1, 0.15) is 26.3 Å². The smallest absolute Gasteiger partial charge is 0.241 e. The van der Waals surface area contributed by atoms with Crippen LogP contribution in [0.5, 0.6) is 5.75 Å². The first-order chi connectivity index (χ1) is 11.3. The third-order valence-electron chi connectivity index (χ3n) is 3.85. The number of benzene rings is 1. The minimum atomic E-state index is 0.00569. The molecule has 1 rings (SSSR count). The SMILES string of the molecule is COc1ccc(CN=C(NCC(=O)N(C)C)NC(C)C(C)C)cc1. The molecule has 0 saturated heterocycles. The van der Waals surface area contributed by atoms with Gasteiger partial charge in [-0.15, -0.1) is 0 Å². The van der Waals surface area contributed by atoms with E-state index in [-0.39, 0.29) is 18.5 Å². The molecule has 2 N–H and O–H groups in total. The zero-order valence-corrected chi connectivity index (χ0v) is 15.6. The zero-order valence-electron chi connectivity index (χ0n) is 15.6. The van der Waals surface area contributed by atoms with Crippen molar-refractivity contribution in [3.63, 3.8) is 0 Å². The van der Waals surface area contributed by atoms with E-state index in [1.165, 1.54) is 0 Å². The summed E-state index contributed by atoms with van der Waals surface area (Å²) in [5.74, 6) is 1.93. The van der Waals surface area contributed by atoms with Crippen molar-refractivity contribution in [1.82, 2.24) is 15.5 Å². The first kappa shape index (κ1) is 19.8. The normalized spacial score (nSPS) is 12.7. The van der Waals surface area contributed by atoms with Crippen LogP contribution in [0.4, 0.5) is 0 Å². The Labute approximate surface area is 145 Å². The molecule has 0 spiro atoms. The summed E-state index contributed by atoms with van der Waals surface area (Å²) in [6, 6.07) is 8.05. The largest absolute Gasteiger partial charge is 0.497 e. The lowest BCUT2D eigenvalue weighted by Crippen LogP contribution is -2.47. The van der Waals surface area contributed by atoms with Crippen LogP contribution < -0.4 is 15.4 Å². The van der Waals surface area contributed by atoms with Gasteiger partial charge < -0.3 is 20.3 Å². The highest BCUT2D eigenvalue weighted by Crippen LogP contribution is 2.11. The van der Waals surface area contributed by atoms with Crippen molar-refractivity contribution in [3.05, 3.63) is 29.8 Å². The van der Waals surface area contributed by atoms with Crippen LogP contribution in [0.15, 0.2) is 29.3 Å². The minimum absolute atomic E-state index is 0.00569. The average Bonchev–Trinajstić information content (AvgIpc) is 2.56. The molecule has 1 unspecified atom stereocenters. The molecule has 0 saturated carbocycles. The van der Waals surface area contributed by atoms with Crippen LogP contribution in [-0.2, 0) is 11.3 Å². The van der Waals surface area contributed by atoms with Crippen LogP contribution >= 0.6 is 0 Å². The van der Waals surface area contributed by atoms with Gasteiger partial charge in [0.2, 0.25) is 5.91 Å². The highest BCUT2D eigenvalue weighted by molar-refractivity contribution is 5.86. The molecule has 0 aliphatic heterocycles. The van der Waals surface area contributed by atoms with Gasteiger partial charge in [-0.3, -0.25) is 4.79 Å². The van der Waals surface area contributed by atoms with Crippen molar-refractivity contribution in [2.24, 2.45) is 10.9 Å². The Bertz CT molecular complexity index is 538. The molecular weight excluding hydrogens is 304 g/mol. The summed E-state index contributed by atoms with van der Waals surface area (Å²) >= 11 is 0. The van der Waals surface area contributed by atoms with Crippen LogP contribution in [-0.4, -0.2) is 50.6 Å². The molecule has 1 aromatic rings. The number of ether oxygens (including phenoxy) is 1. The summed E-state index contributed by atoms with van der Waals surface area (Å²) in [6.07, 6.45) is 0. The van der Waals surface area contributed by atoms with Gasteiger partial charge in [0.15, 0.2) is 5.96 Å². The zero-order chi connectivity index (χ0) is 18.1. The fraction of sp³-hybridized carbons (Fsp3) is 0.556. The lowest BCUT2D eigenvalue weighted by Gasteiger charge is -2.21. The Balaban J connectivity index is 2.75. The molecule has 1 atom stereocenters. The van der Waals surface area contributed by atoms with Crippen molar-refractivity contribution in [3.8, 4) is 5.75 Å². The molecule has 1 aromatic carbocycles. The summed E-state index contributed by atoms with van der Waals surface area (Å²) < 4.78 is 5.16. The maximum atomic E-state index is 11.8. The number of likely N-dealkylation sites (N-methyl/N-ethyl adjacent to an activating group) is 1. The highest BCUT2D eigenvalue weighted by Gasteiger charge is 2.11. The number of nitrogens with one attached hydrogen (secondary N) is 2. The molecule has 0 aliphatic rings. The van der Waals surface area contributed by atoms with Gasteiger partial charge in [0, 0.05) is 20.1 Å². The van der Waals surface area contributed by atoms with Gasteiger partial charge in [0.25, 0.3) is 0 Å². The number of aliphatic imine (C=N–C) groups is 1. The van der Waals surface area contributed by atoms with Crippen LogP contribution in [0.3, 0.4) is 0 Å². The van der Waals surface area contributed by atoms with Gasteiger partial charge in [0.1, 0.15) is 5.75 Å². The van der Waals surface area contributed by atoms with Crippen molar-refractivity contribution in [1.29, 1.82) is 0 Å². The third-order valence-corrected chi connectivity index (χ3v) is 3.85. The molecule has 0 bridgehead atoms. The molecule has 1 amide bonds. The van der Waals surface area contributed by atoms with E-state index >= 15 is 0 Å². The summed E-state index contributed by atoms with van der Waals surface area (Å²) in [6.45, 7) is 7.13. The minimum Gasteiger partial charge on any atom is -0.497 e. The topological polar surface area (TPSA) is 66.0 Å². The van der Waals surface area contributed by atoms with E-state index < -0.39 is 0 Å². The van der Waals surface area contributed by atoms with Gasteiger partial charge >= 0.3 is 0 Å². The molecule has 6 heteroatoms. The van der Waals surface area contributed by atoms with Crippen LogP contribution in [0, 0.1) is 5.92 Å². The van der Waals surface area contributed by atoms with Gasteiger partial charge in [0.05, 0.1) is 20.2 Å². The number of hydrogen-bond donors (Lipinski definition) is 2. The van der Waals surface area contributed by atoms with Crippen molar-refractivity contribution < 1.29 is 9.53 Å². The highest BCUT2D eigenvalue weighted by atomic mass is 16.5. The molecule has 134 valence electrons. The first-order valence-corrected chi connectivity index (χ1v) is 8.21. The molecule has 0 heterocycles. The van der Waals surface area contributed by atoms with Crippen LogP contribution in [0.25, 0.3) is 0 Å². The van der Waals surface area contributed by atoms with E-state index in [0.29, 0.717) is 18.4 Å². The van der Waals surface area contributed by atoms with Crippen molar-refractivity contribution >= 4 is 11.9 Å². The van der Waals surface area contributed by atoms with E-state index in [0.717, 1.165) is 11.3 Å². The summed E-state index contributed by atoms with van der Waals surface area (Å²) in [5, 5.41) is 6.45. The Morgan fingerprint density at radius 1 is 1.21 bits per heavy atom. The second kappa shape index (κ2) is 9.80. The van der Waals surface area contributed by atoms with E-state index in [4.69, 9.17) is 4.74 Å². The quantitative estimate of drug-likeness (QED) is 0.590. The third kappa shape index (κ3) is 6.89. The molecule has 0 aromatic heterocycles. The Morgan fingerprint density at radius 3 is 2.33 bits per heavy atom. The number of methoxy groups -OCH3 is 1. The Kier molecular flexibility index (Phi) is 8.09. The van der Waals surface area contributed by atoms with Gasteiger partial charge in [-0.25, -0.2) is 4.99 Å². The number of hydrogen-bond acceptors (Lipinski definition) is 3. The number of nitrogens with zero attached hydrogens (tertiary/aromatic N) is 2. The molecular formula is C18H30N4O2. The maximum absolute atomic E-state index is 11.8. The van der Waals surface area contributed by atoms with E-state index in [9.17, 15) is 4.79 Å². The predicted octanol–water partition coefficient (Wildman–Crippen LogP) is 1.86. The van der Waals surface area contributed by atoms with Gasteiger partial charge in [-0.1, -0.05) is 26.0 Å². The number of amides is 1. The summed E-state index contributed by atoms with van der Waals surface area (Å²) in [5.41, 5.74) is 1.08. The standard InChI is InChI=1S/C18H30N4O2/c1-13(2)14(3)21-18(20-12-17(23)22(4)5)19-11-15-7-9-16(24-6)10-8-15/h7-10,13-14H,11-12H2,1-6H3,(H2,19,20,21). The number of guanidine groups is 1. The molecule has 0 fully saturated rings. The first-order valence-electron chi connectivity index (χ1n) is 8.21. The fourth-order valence-electron chi connectivity index (χ4n) is 1.75. The second-order valence-corrected chi connectivity index (χ2v) is 6.33. The molecule has 0 radical (unpaired) electrons. The summed E-state index contributed by atoms with van der Waals surface area (Å²) in [7, 11) is 5.12. The van der Waals surface area contributed by atoms with Crippen molar-refractivity contribution in [2.45, 2.75) is 33.4 Å². The monoisotopic (exact) mass is 334 g/mol. The summed E-state index contributed by atoms with van der Waals surface area (Å²) in [4.78, 5) is 17.9. The Hall–Kier alpha value is -2.24. The fourth-order valence-corrected chi connectivity index (χ4v) is 1.75. The van der Waals surface area contributed by atoms with Gasteiger partial charge in [-0.2, -0.15) is 0 Å². The van der Waals surface area contributed by atoms with Crippen LogP contribution in [0.2, 0.25) is 0 Å². The maximum Gasteiger partial charge on any atom is 0.241 e. The van der Waals surface area contributed by atoms with E-state index in [2.05, 4.69) is 36.4 Å². The number of rotatable bonds is 7. The van der Waals surface area contributed by atoms with Gasteiger partial charge in [-0.05, 0) is 30.5 Å².